The lowest BCUT2D eigenvalue weighted by Crippen LogP contribution is -2.03. The highest BCUT2D eigenvalue weighted by molar-refractivity contribution is 5.29. The molecule has 2 aromatic rings. The Kier molecular flexibility index (Phi) is 4.75. The van der Waals surface area contributed by atoms with Gasteiger partial charge in [-0.25, -0.2) is 4.98 Å². The lowest BCUT2D eigenvalue weighted by atomic mass is 10.1. The van der Waals surface area contributed by atoms with E-state index in [1.54, 1.807) is 13.3 Å². The summed E-state index contributed by atoms with van der Waals surface area (Å²) < 4.78 is 10.9. The number of aromatic nitrogens is 1. The molecule has 0 spiro atoms. The number of hydrogen-bond acceptors (Lipinski definition) is 4. The summed E-state index contributed by atoms with van der Waals surface area (Å²) in [5.41, 5.74) is 7.66. The molecular weight excluding hydrogens is 240 g/mol. The molecule has 0 saturated heterocycles. The molecular formula is C15H18N2O2. The largest absolute Gasteiger partial charge is 0.489 e. The molecule has 0 atom stereocenters. The lowest BCUT2D eigenvalue weighted by Gasteiger charge is -2.09. The highest BCUT2D eigenvalue weighted by Gasteiger charge is 2.04. The summed E-state index contributed by atoms with van der Waals surface area (Å²) in [5, 5.41) is 0. The highest BCUT2D eigenvalue weighted by Crippen LogP contribution is 2.18. The Labute approximate surface area is 113 Å². The van der Waals surface area contributed by atoms with E-state index in [4.69, 9.17) is 15.2 Å². The van der Waals surface area contributed by atoms with Crippen LogP contribution in [0.3, 0.4) is 0 Å². The van der Waals surface area contributed by atoms with Gasteiger partial charge in [-0.1, -0.05) is 12.1 Å². The maximum Gasteiger partial charge on any atom is 0.219 e. The summed E-state index contributed by atoms with van der Waals surface area (Å²) >= 11 is 0. The van der Waals surface area contributed by atoms with Gasteiger partial charge in [-0.15, -0.1) is 0 Å². The second-order valence-corrected chi connectivity index (χ2v) is 4.14. The van der Waals surface area contributed by atoms with Gasteiger partial charge in [0.2, 0.25) is 5.88 Å². The van der Waals surface area contributed by atoms with Crippen molar-refractivity contribution in [2.24, 2.45) is 5.73 Å². The van der Waals surface area contributed by atoms with E-state index in [1.807, 2.05) is 36.4 Å². The van der Waals surface area contributed by atoms with Crippen LogP contribution in [0.25, 0.3) is 0 Å². The number of ether oxygens (including phenoxy) is 2. The Morgan fingerprint density at radius 3 is 2.63 bits per heavy atom. The predicted molar refractivity (Wildman–Crippen MR) is 74.3 cm³/mol. The number of nitrogens with two attached hydrogens (primary N) is 1. The van der Waals surface area contributed by atoms with Crippen molar-refractivity contribution < 1.29 is 9.47 Å². The van der Waals surface area contributed by atoms with Crippen LogP contribution in [-0.2, 0) is 13.0 Å². The van der Waals surface area contributed by atoms with E-state index in [-0.39, 0.29) is 0 Å². The summed E-state index contributed by atoms with van der Waals surface area (Å²) in [6.45, 7) is 1.10. The lowest BCUT2D eigenvalue weighted by molar-refractivity contribution is 0.294. The number of hydrogen-bond donors (Lipinski definition) is 1. The van der Waals surface area contributed by atoms with Crippen LogP contribution >= 0.6 is 0 Å². The van der Waals surface area contributed by atoms with Crippen LogP contribution in [0, 0.1) is 0 Å². The molecule has 0 amide bonds. The fraction of sp³-hybridized carbons (Fsp3) is 0.267. The number of methoxy groups -OCH3 is 1. The topological polar surface area (TPSA) is 57.4 Å². The van der Waals surface area contributed by atoms with Crippen molar-refractivity contribution in [1.29, 1.82) is 0 Å². The van der Waals surface area contributed by atoms with Crippen molar-refractivity contribution in [2.75, 3.05) is 13.7 Å². The van der Waals surface area contributed by atoms with E-state index in [0.29, 0.717) is 19.0 Å². The number of rotatable bonds is 6. The third-order valence-corrected chi connectivity index (χ3v) is 2.79. The minimum Gasteiger partial charge on any atom is -0.489 e. The van der Waals surface area contributed by atoms with E-state index in [0.717, 1.165) is 17.7 Å². The van der Waals surface area contributed by atoms with E-state index in [2.05, 4.69) is 4.98 Å². The van der Waals surface area contributed by atoms with Crippen LogP contribution < -0.4 is 15.2 Å². The fourth-order valence-electron chi connectivity index (χ4n) is 1.80. The molecule has 4 nitrogen and oxygen atoms in total. The normalized spacial score (nSPS) is 10.2. The molecule has 0 radical (unpaired) electrons. The first kappa shape index (κ1) is 13.4. The fourth-order valence-corrected chi connectivity index (χ4v) is 1.80. The van der Waals surface area contributed by atoms with Gasteiger partial charge in [0.15, 0.2) is 0 Å². The first-order chi connectivity index (χ1) is 9.33. The Morgan fingerprint density at radius 2 is 1.95 bits per heavy atom. The molecule has 0 aliphatic carbocycles. The summed E-state index contributed by atoms with van der Waals surface area (Å²) in [5.74, 6) is 1.42. The Hall–Kier alpha value is -2.07. The SMILES string of the molecule is COc1ncccc1COc1ccc(CCN)cc1. The molecule has 0 saturated carbocycles. The molecule has 4 heteroatoms. The van der Waals surface area contributed by atoms with Gasteiger partial charge >= 0.3 is 0 Å². The van der Waals surface area contributed by atoms with Gasteiger partial charge < -0.3 is 15.2 Å². The molecule has 0 aliphatic heterocycles. The van der Waals surface area contributed by atoms with Crippen LogP contribution in [-0.4, -0.2) is 18.6 Å². The van der Waals surface area contributed by atoms with Gasteiger partial charge in [-0.05, 0) is 42.8 Å². The van der Waals surface area contributed by atoms with Crippen molar-refractivity contribution in [2.45, 2.75) is 13.0 Å². The van der Waals surface area contributed by atoms with E-state index in [9.17, 15) is 0 Å². The Bertz CT molecular complexity index is 512. The number of nitrogens with zero attached hydrogens (tertiary/aromatic N) is 1. The van der Waals surface area contributed by atoms with Gasteiger partial charge in [0.1, 0.15) is 12.4 Å². The van der Waals surface area contributed by atoms with E-state index >= 15 is 0 Å². The zero-order valence-electron chi connectivity index (χ0n) is 11.0. The third kappa shape index (κ3) is 3.69. The molecule has 0 bridgehead atoms. The van der Waals surface area contributed by atoms with Crippen molar-refractivity contribution in [3.05, 3.63) is 53.7 Å². The summed E-state index contributed by atoms with van der Waals surface area (Å²) in [6.07, 6.45) is 2.58. The Morgan fingerprint density at radius 1 is 1.16 bits per heavy atom. The van der Waals surface area contributed by atoms with Crippen LogP contribution in [0.2, 0.25) is 0 Å². The van der Waals surface area contributed by atoms with Gasteiger partial charge in [0.25, 0.3) is 0 Å². The molecule has 2 N–H and O–H groups in total. The molecule has 1 heterocycles. The van der Waals surface area contributed by atoms with Crippen molar-refractivity contribution >= 4 is 0 Å². The minimum atomic E-state index is 0.438. The molecule has 1 aromatic heterocycles. The summed E-state index contributed by atoms with van der Waals surface area (Å²) in [7, 11) is 1.60. The smallest absolute Gasteiger partial charge is 0.219 e. The highest BCUT2D eigenvalue weighted by atomic mass is 16.5. The average molecular weight is 258 g/mol. The van der Waals surface area contributed by atoms with Crippen LogP contribution in [0.4, 0.5) is 0 Å². The number of benzene rings is 1. The zero-order valence-corrected chi connectivity index (χ0v) is 11.0. The molecule has 0 aliphatic rings. The molecule has 100 valence electrons. The number of pyridine rings is 1. The first-order valence-electron chi connectivity index (χ1n) is 6.23. The molecule has 0 unspecified atom stereocenters. The third-order valence-electron chi connectivity index (χ3n) is 2.79. The standard InChI is InChI=1S/C15H18N2O2/c1-18-15-13(3-2-10-17-15)11-19-14-6-4-12(5-7-14)8-9-16/h2-7,10H,8-9,11,16H2,1H3. The van der Waals surface area contributed by atoms with Crippen LogP contribution in [0.1, 0.15) is 11.1 Å². The van der Waals surface area contributed by atoms with Crippen molar-refractivity contribution in [3.63, 3.8) is 0 Å². The predicted octanol–water partition coefficient (Wildman–Crippen LogP) is 2.17. The summed E-state index contributed by atoms with van der Waals surface area (Å²) in [6, 6.07) is 11.8. The molecule has 1 aromatic carbocycles. The molecule has 0 fully saturated rings. The zero-order chi connectivity index (χ0) is 13.5. The second-order valence-electron chi connectivity index (χ2n) is 4.14. The van der Waals surface area contributed by atoms with Gasteiger partial charge in [-0.2, -0.15) is 0 Å². The van der Waals surface area contributed by atoms with Gasteiger partial charge in [0.05, 0.1) is 12.7 Å². The van der Waals surface area contributed by atoms with Gasteiger partial charge in [0, 0.05) is 6.20 Å². The monoisotopic (exact) mass is 258 g/mol. The van der Waals surface area contributed by atoms with Gasteiger partial charge in [-0.3, -0.25) is 0 Å². The summed E-state index contributed by atoms with van der Waals surface area (Å²) in [4.78, 5) is 4.13. The van der Waals surface area contributed by atoms with Crippen LogP contribution in [0.5, 0.6) is 11.6 Å². The maximum atomic E-state index is 5.72. The quantitative estimate of drug-likeness (QED) is 0.862. The minimum absolute atomic E-state index is 0.438. The van der Waals surface area contributed by atoms with Crippen molar-refractivity contribution in [1.82, 2.24) is 4.98 Å². The first-order valence-corrected chi connectivity index (χ1v) is 6.23. The van der Waals surface area contributed by atoms with E-state index in [1.165, 1.54) is 5.56 Å². The Balaban J connectivity index is 1.98. The molecule has 19 heavy (non-hydrogen) atoms. The molecule has 2 rings (SSSR count). The maximum absolute atomic E-state index is 5.72. The second kappa shape index (κ2) is 6.75. The van der Waals surface area contributed by atoms with E-state index < -0.39 is 0 Å². The average Bonchev–Trinajstić information content (AvgIpc) is 2.47. The van der Waals surface area contributed by atoms with Crippen molar-refractivity contribution in [3.8, 4) is 11.6 Å². The van der Waals surface area contributed by atoms with Crippen LogP contribution in [0.15, 0.2) is 42.6 Å².